The fourth-order valence-electron chi connectivity index (χ4n) is 1.62. The molecule has 0 spiro atoms. The zero-order chi connectivity index (χ0) is 12.3. The van der Waals surface area contributed by atoms with E-state index in [-0.39, 0.29) is 5.56 Å². The van der Waals surface area contributed by atoms with Crippen LogP contribution in [0.4, 0.5) is 0 Å². The molecule has 2 aromatic rings. The average Bonchev–Trinajstić information content (AvgIpc) is 2.69. The summed E-state index contributed by atoms with van der Waals surface area (Å²) in [5.41, 5.74) is 1.77. The molecule has 0 aliphatic heterocycles. The van der Waals surface area contributed by atoms with Crippen LogP contribution in [-0.2, 0) is 13.0 Å². The summed E-state index contributed by atoms with van der Waals surface area (Å²) in [6, 6.07) is 5.73. The number of carboxylic acid groups (broad SMARTS) is 1. The number of rotatable bonds is 4. The third-order valence-electron chi connectivity index (χ3n) is 2.50. The van der Waals surface area contributed by atoms with Crippen LogP contribution in [0, 0.1) is 6.92 Å². The van der Waals surface area contributed by atoms with Gasteiger partial charge in [0.25, 0.3) is 0 Å². The number of carboxylic acids is 1. The maximum Gasteiger partial charge on any atom is 0.339 e. The quantitative estimate of drug-likeness (QED) is 0.866. The molecule has 0 fully saturated rings. The largest absolute Gasteiger partial charge is 0.478 e. The minimum Gasteiger partial charge on any atom is -0.478 e. The van der Waals surface area contributed by atoms with Gasteiger partial charge >= 0.3 is 5.97 Å². The number of pyridine rings is 1. The zero-order valence-electron chi connectivity index (χ0n) is 9.50. The Hall–Kier alpha value is -2.17. The van der Waals surface area contributed by atoms with Gasteiger partial charge in [0.05, 0.1) is 5.69 Å². The fraction of sp³-hybridized carbons (Fsp3) is 0.250. The molecule has 2 aromatic heterocycles. The van der Waals surface area contributed by atoms with E-state index in [0.717, 1.165) is 12.1 Å². The molecular weight excluding hydrogens is 218 g/mol. The lowest BCUT2D eigenvalue weighted by Crippen LogP contribution is -2.03. The summed E-state index contributed by atoms with van der Waals surface area (Å²) in [5.74, 6) is -0.938. The number of aryl methyl sites for hydroxylation is 3. The van der Waals surface area contributed by atoms with Crippen LogP contribution in [0.5, 0.6) is 0 Å². The summed E-state index contributed by atoms with van der Waals surface area (Å²) in [6.07, 6.45) is 4.04. The van der Waals surface area contributed by atoms with E-state index in [1.54, 1.807) is 24.0 Å². The van der Waals surface area contributed by atoms with Crippen molar-refractivity contribution < 1.29 is 9.90 Å². The maximum absolute atomic E-state index is 10.8. The number of hydrogen-bond acceptors (Lipinski definition) is 3. The second kappa shape index (κ2) is 4.78. The first kappa shape index (κ1) is 11.3. The number of nitrogens with zero attached hydrogens (tertiary/aromatic N) is 3. The van der Waals surface area contributed by atoms with Gasteiger partial charge in [-0.05, 0) is 19.1 Å². The summed E-state index contributed by atoms with van der Waals surface area (Å²) in [7, 11) is 0. The van der Waals surface area contributed by atoms with E-state index >= 15 is 0 Å². The zero-order valence-corrected chi connectivity index (χ0v) is 9.50. The molecule has 0 aliphatic carbocycles. The Labute approximate surface area is 98.7 Å². The van der Waals surface area contributed by atoms with Crippen molar-refractivity contribution in [2.45, 2.75) is 19.9 Å². The Balaban J connectivity index is 2.05. The van der Waals surface area contributed by atoms with Gasteiger partial charge < -0.3 is 5.11 Å². The van der Waals surface area contributed by atoms with Crippen LogP contribution in [0.2, 0.25) is 0 Å². The molecule has 0 amide bonds. The van der Waals surface area contributed by atoms with E-state index < -0.39 is 5.97 Å². The van der Waals surface area contributed by atoms with Crippen LogP contribution in [0.3, 0.4) is 0 Å². The van der Waals surface area contributed by atoms with Crippen molar-refractivity contribution in [3.8, 4) is 0 Å². The van der Waals surface area contributed by atoms with Gasteiger partial charge in [-0.3, -0.25) is 9.67 Å². The van der Waals surface area contributed by atoms with Gasteiger partial charge in [0.1, 0.15) is 5.56 Å². The van der Waals surface area contributed by atoms with Crippen molar-refractivity contribution in [3.63, 3.8) is 0 Å². The second-order valence-corrected chi connectivity index (χ2v) is 3.77. The third kappa shape index (κ3) is 2.69. The van der Waals surface area contributed by atoms with Crippen molar-refractivity contribution in [3.05, 3.63) is 47.5 Å². The van der Waals surface area contributed by atoms with E-state index in [9.17, 15) is 4.79 Å². The molecule has 0 saturated carbocycles. The summed E-state index contributed by atoms with van der Waals surface area (Å²) in [4.78, 5) is 15.0. The molecule has 0 bridgehead atoms. The van der Waals surface area contributed by atoms with Gasteiger partial charge in [0, 0.05) is 31.1 Å². The lowest BCUT2D eigenvalue weighted by Gasteiger charge is -2.00. The van der Waals surface area contributed by atoms with Crippen LogP contribution in [0.1, 0.15) is 21.7 Å². The molecule has 5 nitrogen and oxygen atoms in total. The molecule has 0 aromatic carbocycles. The molecule has 0 atom stereocenters. The lowest BCUT2D eigenvalue weighted by molar-refractivity contribution is 0.0696. The van der Waals surface area contributed by atoms with E-state index in [2.05, 4.69) is 10.1 Å². The molecule has 88 valence electrons. The molecule has 0 aliphatic rings. The Morgan fingerprint density at radius 2 is 2.29 bits per heavy atom. The summed E-state index contributed by atoms with van der Waals surface area (Å²) < 4.78 is 1.65. The highest BCUT2D eigenvalue weighted by atomic mass is 16.4. The van der Waals surface area contributed by atoms with Gasteiger partial charge in [-0.2, -0.15) is 5.10 Å². The smallest absolute Gasteiger partial charge is 0.339 e. The van der Waals surface area contributed by atoms with E-state index in [0.29, 0.717) is 12.2 Å². The van der Waals surface area contributed by atoms with Crippen molar-refractivity contribution >= 4 is 5.97 Å². The number of carbonyl (C=O) groups is 1. The van der Waals surface area contributed by atoms with E-state index in [1.165, 1.54) is 0 Å². The number of aromatic nitrogens is 3. The number of hydrogen-bond donors (Lipinski definition) is 1. The van der Waals surface area contributed by atoms with Crippen molar-refractivity contribution in [1.82, 2.24) is 14.8 Å². The van der Waals surface area contributed by atoms with Gasteiger partial charge in [0.15, 0.2) is 0 Å². The molecule has 0 unspecified atom stereocenters. The molecule has 1 N–H and O–H groups in total. The molecule has 0 saturated heterocycles. The summed E-state index contributed by atoms with van der Waals surface area (Å²) in [6.45, 7) is 2.33. The molecule has 5 heteroatoms. The molecular formula is C12H13N3O2. The average molecular weight is 231 g/mol. The molecule has 17 heavy (non-hydrogen) atoms. The van der Waals surface area contributed by atoms with Crippen LogP contribution < -0.4 is 0 Å². The van der Waals surface area contributed by atoms with Crippen LogP contribution in [0.25, 0.3) is 0 Å². The Morgan fingerprint density at radius 3 is 2.88 bits per heavy atom. The Kier molecular flexibility index (Phi) is 3.18. The van der Waals surface area contributed by atoms with E-state index in [4.69, 9.17) is 5.11 Å². The molecule has 2 rings (SSSR count). The highest BCUT2D eigenvalue weighted by molar-refractivity contribution is 5.88. The van der Waals surface area contributed by atoms with Crippen LogP contribution in [-0.4, -0.2) is 25.8 Å². The minimum absolute atomic E-state index is 0.256. The summed E-state index contributed by atoms with van der Waals surface area (Å²) >= 11 is 0. The SMILES string of the molecule is Cc1nn(CCc2ccccn2)cc1C(=O)O. The van der Waals surface area contributed by atoms with Crippen molar-refractivity contribution in [2.75, 3.05) is 0 Å². The highest BCUT2D eigenvalue weighted by Gasteiger charge is 2.11. The predicted octanol–water partition coefficient (Wildman–Crippen LogP) is 1.53. The Bertz CT molecular complexity index is 520. The maximum atomic E-state index is 10.8. The first-order chi connectivity index (χ1) is 8.16. The lowest BCUT2D eigenvalue weighted by atomic mass is 10.2. The monoisotopic (exact) mass is 231 g/mol. The molecule has 2 heterocycles. The minimum atomic E-state index is -0.938. The number of aromatic carboxylic acids is 1. The normalized spacial score (nSPS) is 10.4. The standard InChI is InChI=1S/C12H13N3O2/c1-9-11(12(16)17)8-15(14-9)7-5-10-4-2-3-6-13-10/h2-4,6,8H,5,7H2,1H3,(H,16,17). The van der Waals surface area contributed by atoms with Gasteiger partial charge in [-0.25, -0.2) is 4.79 Å². The Morgan fingerprint density at radius 1 is 1.47 bits per heavy atom. The van der Waals surface area contributed by atoms with Crippen LogP contribution in [0.15, 0.2) is 30.6 Å². The molecule has 0 radical (unpaired) electrons. The predicted molar refractivity (Wildman–Crippen MR) is 61.9 cm³/mol. The highest BCUT2D eigenvalue weighted by Crippen LogP contribution is 2.06. The van der Waals surface area contributed by atoms with Crippen LogP contribution >= 0.6 is 0 Å². The van der Waals surface area contributed by atoms with Crippen molar-refractivity contribution in [1.29, 1.82) is 0 Å². The van der Waals surface area contributed by atoms with E-state index in [1.807, 2.05) is 18.2 Å². The summed E-state index contributed by atoms with van der Waals surface area (Å²) in [5, 5.41) is 13.1. The fourth-order valence-corrected chi connectivity index (χ4v) is 1.62. The third-order valence-corrected chi connectivity index (χ3v) is 2.50. The second-order valence-electron chi connectivity index (χ2n) is 3.77. The van der Waals surface area contributed by atoms with Gasteiger partial charge in [-0.1, -0.05) is 6.07 Å². The van der Waals surface area contributed by atoms with Gasteiger partial charge in [-0.15, -0.1) is 0 Å². The van der Waals surface area contributed by atoms with Gasteiger partial charge in [0.2, 0.25) is 0 Å². The first-order valence-electron chi connectivity index (χ1n) is 5.34. The topological polar surface area (TPSA) is 68.0 Å². The van der Waals surface area contributed by atoms with Crippen molar-refractivity contribution in [2.24, 2.45) is 0 Å². The first-order valence-corrected chi connectivity index (χ1v) is 5.34.